The molecule has 6 nitrogen and oxygen atoms in total. The molecule has 64 valence electrons. The van der Waals surface area contributed by atoms with Crippen molar-refractivity contribution in [3.63, 3.8) is 0 Å². The molecule has 1 unspecified atom stereocenters. The van der Waals surface area contributed by atoms with E-state index < -0.39 is 12.1 Å². The summed E-state index contributed by atoms with van der Waals surface area (Å²) in [6.07, 6.45) is 0. The van der Waals surface area contributed by atoms with Crippen molar-refractivity contribution in [3.05, 3.63) is 0 Å². The Morgan fingerprint density at radius 3 is 3.00 bits per heavy atom. The highest BCUT2D eigenvalue weighted by molar-refractivity contribution is 5.92. The summed E-state index contributed by atoms with van der Waals surface area (Å²) in [6.45, 7) is 1.74. The highest BCUT2D eigenvalue weighted by Gasteiger charge is 2.35. The van der Waals surface area contributed by atoms with E-state index in [1.807, 2.05) is 0 Å². The molecule has 1 N–H and O–H groups in total. The van der Waals surface area contributed by atoms with E-state index in [4.69, 9.17) is 0 Å². The van der Waals surface area contributed by atoms with Crippen molar-refractivity contribution in [1.29, 1.82) is 0 Å². The summed E-state index contributed by atoms with van der Waals surface area (Å²) < 4.78 is 0. The molecular formula is C6H8N4O2. The van der Waals surface area contributed by atoms with Crippen LogP contribution < -0.4 is 5.32 Å². The summed E-state index contributed by atoms with van der Waals surface area (Å²) in [5, 5.41) is 9.50. The van der Waals surface area contributed by atoms with Crippen LogP contribution in [0.4, 0.5) is 4.79 Å². The zero-order valence-electron chi connectivity index (χ0n) is 6.36. The minimum atomic E-state index is -0.427. The first-order chi connectivity index (χ1) is 5.79. The van der Waals surface area contributed by atoms with E-state index in [-0.39, 0.29) is 5.91 Å². The lowest BCUT2D eigenvalue weighted by atomic mass is 10.2. The van der Waals surface area contributed by atoms with Gasteiger partial charge in [-0.3, -0.25) is 4.79 Å². The molecule has 0 aromatic heterocycles. The number of amides is 3. The molecule has 1 saturated heterocycles. The Bertz CT molecular complexity index is 236. The van der Waals surface area contributed by atoms with Gasteiger partial charge in [0.15, 0.2) is 0 Å². The number of hydrogen-bond acceptors (Lipinski definition) is 3. The second-order valence-corrected chi connectivity index (χ2v) is 2.73. The van der Waals surface area contributed by atoms with Crippen LogP contribution in [0.25, 0.3) is 0 Å². The molecule has 0 radical (unpaired) electrons. The van der Waals surface area contributed by atoms with Crippen LogP contribution >= 0.6 is 0 Å². The predicted octanol–water partition coefficient (Wildman–Crippen LogP) is -0.627. The Balaban J connectivity index is 2.26. The van der Waals surface area contributed by atoms with Crippen LogP contribution in [0.5, 0.6) is 0 Å². The average molecular weight is 168 g/mol. The molecule has 0 bridgehead atoms. The first-order valence-electron chi connectivity index (χ1n) is 3.76. The Kier molecular flexibility index (Phi) is 1.61. The summed E-state index contributed by atoms with van der Waals surface area (Å²) in [4.78, 5) is 23.6. The van der Waals surface area contributed by atoms with Crippen molar-refractivity contribution in [2.75, 3.05) is 19.6 Å². The van der Waals surface area contributed by atoms with Crippen molar-refractivity contribution >= 4 is 11.9 Å². The lowest BCUT2D eigenvalue weighted by Crippen LogP contribution is -2.57. The largest absolute Gasteiger partial charge is 0.363 e. The molecule has 6 heteroatoms. The van der Waals surface area contributed by atoms with Gasteiger partial charge in [0.05, 0.1) is 0 Å². The molecular weight excluding hydrogens is 160 g/mol. The number of urea groups is 1. The molecule has 1 fully saturated rings. The van der Waals surface area contributed by atoms with Gasteiger partial charge >= 0.3 is 6.03 Å². The molecule has 2 aliphatic rings. The summed E-state index contributed by atoms with van der Waals surface area (Å²) in [5.41, 5.74) is 0. The number of nitrogens with one attached hydrogen (secondary N) is 1. The third-order valence-corrected chi connectivity index (χ3v) is 2.01. The SMILES string of the molecule is O=C1N=NC(=O)N2CCNCC12. The zero-order valence-corrected chi connectivity index (χ0v) is 6.36. The van der Waals surface area contributed by atoms with Crippen molar-refractivity contribution in [3.8, 4) is 0 Å². The fourth-order valence-electron chi connectivity index (χ4n) is 1.37. The molecule has 2 heterocycles. The molecule has 2 rings (SSSR count). The van der Waals surface area contributed by atoms with Gasteiger partial charge in [0.2, 0.25) is 0 Å². The van der Waals surface area contributed by atoms with Gasteiger partial charge in [-0.15, -0.1) is 5.11 Å². The predicted molar refractivity (Wildman–Crippen MR) is 38.6 cm³/mol. The molecule has 0 spiro atoms. The van der Waals surface area contributed by atoms with Crippen LogP contribution in [0.15, 0.2) is 10.2 Å². The second-order valence-electron chi connectivity index (χ2n) is 2.73. The number of hydrogen-bond donors (Lipinski definition) is 1. The van der Waals surface area contributed by atoms with Gasteiger partial charge in [-0.05, 0) is 0 Å². The van der Waals surface area contributed by atoms with E-state index in [1.54, 1.807) is 0 Å². The smallest absolute Gasteiger partial charge is 0.312 e. The molecule has 0 saturated carbocycles. The first kappa shape index (κ1) is 7.35. The van der Waals surface area contributed by atoms with Crippen LogP contribution in [0, 0.1) is 0 Å². The average Bonchev–Trinajstić information content (AvgIpc) is 2.12. The van der Waals surface area contributed by atoms with Crippen molar-refractivity contribution in [2.24, 2.45) is 10.2 Å². The van der Waals surface area contributed by atoms with Gasteiger partial charge in [-0.1, -0.05) is 5.11 Å². The lowest BCUT2D eigenvalue weighted by Gasteiger charge is -2.33. The van der Waals surface area contributed by atoms with Crippen LogP contribution in [0.1, 0.15) is 0 Å². The number of nitrogens with zero attached hydrogens (tertiary/aromatic N) is 3. The first-order valence-corrected chi connectivity index (χ1v) is 3.76. The summed E-state index contributed by atoms with van der Waals surface area (Å²) >= 11 is 0. The Morgan fingerprint density at radius 2 is 2.25 bits per heavy atom. The topological polar surface area (TPSA) is 74.1 Å². The van der Waals surface area contributed by atoms with Crippen molar-refractivity contribution < 1.29 is 9.59 Å². The summed E-state index contributed by atoms with van der Waals surface area (Å²) in [7, 11) is 0. The number of azo groups is 1. The quantitative estimate of drug-likeness (QED) is 0.523. The van der Waals surface area contributed by atoms with Gasteiger partial charge < -0.3 is 10.2 Å². The third kappa shape index (κ3) is 1.00. The molecule has 0 aromatic carbocycles. The van der Waals surface area contributed by atoms with Gasteiger partial charge in [0, 0.05) is 19.6 Å². The van der Waals surface area contributed by atoms with Gasteiger partial charge in [-0.25, -0.2) is 4.79 Å². The maximum atomic E-state index is 11.1. The third-order valence-electron chi connectivity index (χ3n) is 2.01. The van der Waals surface area contributed by atoms with Gasteiger partial charge in [0.25, 0.3) is 5.91 Å². The second kappa shape index (κ2) is 2.63. The van der Waals surface area contributed by atoms with Crippen molar-refractivity contribution in [2.45, 2.75) is 6.04 Å². The van der Waals surface area contributed by atoms with Crippen LogP contribution in [0.2, 0.25) is 0 Å². The maximum Gasteiger partial charge on any atom is 0.363 e. The van der Waals surface area contributed by atoms with Gasteiger partial charge in [0.1, 0.15) is 6.04 Å². The summed E-state index contributed by atoms with van der Waals surface area (Å²) in [6, 6.07) is -0.829. The van der Waals surface area contributed by atoms with Crippen LogP contribution in [-0.2, 0) is 4.79 Å². The monoisotopic (exact) mass is 168 g/mol. The molecule has 1 atom stereocenters. The summed E-state index contributed by atoms with van der Waals surface area (Å²) in [5.74, 6) is -0.332. The van der Waals surface area contributed by atoms with Crippen LogP contribution in [0.3, 0.4) is 0 Å². The molecule has 3 amide bonds. The Hall–Kier alpha value is -1.30. The Labute approximate surface area is 68.6 Å². The van der Waals surface area contributed by atoms with E-state index in [0.717, 1.165) is 0 Å². The molecule has 0 aliphatic carbocycles. The molecule has 2 aliphatic heterocycles. The Morgan fingerprint density at radius 1 is 1.42 bits per heavy atom. The minimum Gasteiger partial charge on any atom is -0.312 e. The van der Waals surface area contributed by atoms with Gasteiger partial charge in [-0.2, -0.15) is 0 Å². The van der Waals surface area contributed by atoms with Crippen LogP contribution in [-0.4, -0.2) is 42.5 Å². The number of carbonyl (C=O) groups excluding carboxylic acids is 2. The van der Waals surface area contributed by atoms with E-state index in [0.29, 0.717) is 19.6 Å². The molecule has 12 heavy (non-hydrogen) atoms. The number of piperazine rings is 1. The number of rotatable bonds is 0. The van der Waals surface area contributed by atoms with E-state index >= 15 is 0 Å². The van der Waals surface area contributed by atoms with Crippen molar-refractivity contribution in [1.82, 2.24) is 10.2 Å². The number of carbonyl (C=O) groups is 2. The normalized spacial score (nSPS) is 29.0. The van der Waals surface area contributed by atoms with E-state index in [2.05, 4.69) is 15.5 Å². The number of fused-ring (bicyclic) bond motifs is 1. The maximum absolute atomic E-state index is 11.1. The highest BCUT2D eigenvalue weighted by Crippen LogP contribution is 2.12. The zero-order chi connectivity index (χ0) is 8.55. The lowest BCUT2D eigenvalue weighted by molar-refractivity contribution is -0.123. The standard InChI is InChI=1S/C6H8N4O2/c11-5-4-3-7-1-2-10(4)6(12)9-8-5/h4,7H,1-3H2. The van der Waals surface area contributed by atoms with E-state index in [1.165, 1.54) is 4.90 Å². The van der Waals surface area contributed by atoms with E-state index in [9.17, 15) is 9.59 Å². The molecule has 0 aromatic rings. The minimum absolute atomic E-state index is 0.332. The fraction of sp³-hybridized carbons (Fsp3) is 0.667. The highest BCUT2D eigenvalue weighted by atomic mass is 16.2. The fourth-order valence-corrected chi connectivity index (χ4v) is 1.37.